The molecular formula is C7H13FN2O. The van der Waals surface area contributed by atoms with Crippen molar-refractivity contribution in [3.63, 3.8) is 0 Å². The summed E-state index contributed by atoms with van der Waals surface area (Å²) in [6.07, 6.45) is 0.474. The number of likely N-dealkylation sites (tertiary alicyclic amines) is 1. The number of nitrogens with zero attached hydrogens (tertiary/aromatic N) is 1. The molecule has 0 amide bonds. The number of nitrogens with two attached hydrogens (primary N) is 1. The van der Waals surface area contributed by atoms with Crippen molar-refractivity contribution >= 4 is 6.29 Å². The zero-order valence-corrected chi connectivity index (χ0v) is 6.37. The summed E-state index contributed by atoms with van der Waals surface area (Å²) in [6, 6.07) is 0.185. The van der Waals surface area contributed by atoms with E-state index in [-0.39, 0.29) is 6.04 Å². The van der Waals surface area contributed by atoms with Crippen molar-refractivity contribution in [2.24, 2.45) is 5.73 Å². The third-order valence-electron chi connectivity index (χ3n) is 2.04. The van der Waals surface area contributed by atoms with Crippen molar-refractivity contribution in [2.45, 2.75) is 25.2 Å². The van der Waals surface area contributed by atoms with Gasteiger partial charge in [0.15, 0.2) is 6.29 Å². The molecule has 0 aromatic carbocycles. The smallest absolute Gasteiger partial charge is 0.209 e. The molecule has 3 nitrogen and oxygen atoms in total. The van der Waals surface area contributed by atoms with E-state index in [2.05, 4.69) is 0 Å². The lowest BCUT2D eigenvalue weighted by Gasteiger charge is -2.30. The van der Waals surface area contributed by atoms with Gasteiger partial charge in [-0.05, 0) is 12.8 Å². The van der Waals surface area contributed by atoms with Crippen molar-refractivity contribution in [1.29, 1.82) is 0 Å². The van der Waals surface area contributed by atoms with Gasteiger partial charge in [0.2, 0.25) is 6.30 Å². The Balaban J connectivity index is 2.32. The van der Waals surface area contributed by atoms with E-state index >= 15 is 0 Å². The normalized spacial score (nSPS) is 24.9. The molecule has 0 saturated carbocycles. The molecule has 1 rings (SSSR count). The third kappa shape index (κ3) is 2.24. The predicted octanol–water partition coefficient (Wildman–Crippen LogP) is -0.0960. The molecule has 0 aromatic rings. The molecule has 4 heteroatoms. The van der Waals surface area contributed by atoms with E-state index in [1.54, 1.807) is 0 Å². The number of hydrogen-bond donors (Lipinski definition) is 1. The molecule has 0 bridgehead atoms. The van der Waals surface area contributed by atoms with Crippen LogP contribution in [0.2, 0.25) is 0 Å². The summed E-state index contributed by atoms with van der Waals surface area (Å²) in [5.74, 6) is 0. The summed E-state index contributed by atoms with van der Waals surface area (Å²) < 4.78 is 12.7. The Bertz CT molecular complexity index is 134. The first-order valence-electron chi connectivity index (χ1n) is 3.83. The highest BCUT2D eigenvalue weighted by molar-refractivity contribution is 5.55. The van der Waals surface area contributed by atoms with Crippen molar-refractivity contribution < 1.29 is 9.18 Å². The van der Waals surface area contributed by atoms with Crippen LogP contribution in [0.4, 0.5) is 4.39 Å². The average Bonchev–Trinajstić information content (AvgIpc) is 2.05. The van der Waals surface area contributed by atoms with Crippen molar-refractivity contribution in [3.05, 3.63) is 0 Å². The summed E-state index contributed by atoms with van der Waals surface area (Å²) in [7, 11) is 0. The number of carbonyl (C=O) groups excluding carboxylic acids is 1. The van der Waals surface area contributed by atoms with Crippen LogP contribution in [0.1, 0.15) is 12.8 Å². The van der Waals surface area contributed by atoms with Crippen LogP contribution in [0.3, 0.4) is 0 Å². The monoisotopic (exact) mass is 160 g/mol. The molecular weight excluding hydrogens is 147 g/mol. The van der Waals surface area contributed by atoms with E-state index in [9.17, 15) is 9.18 Å². The molecule has 1 aliphatic heterocycles. The van der Waals surface area contributed by atoms with Crippen LogP contribution in [0.25, 0.3) is 0 Å². The van der Waals surface area contributed by atoms with Gasteiger partial charge in [0, 0.05) is 19.1 Å². The molecule has 0 spiro atoms. The molecule has 1 atom stereocenters. The van der Waals surface area contributed by atoms with E-state index in [0.717, 1.165) is 12.8 Å². The SMILES string of the molecule is NC1CCN(C(F)C=O)CC1. The summed E-state index contributed by atoms with van der Waals surface area (Å²) in [6.45, 7) is 1.20. The second-order valence-corrected chi connectivity index (χ2v) is 2.88. The molecule has 1 fully saturated rings. The maximum atomic E-state index is 12.7. The summed E-state index contributed by atoms with van der Waals surface area (Å²) in [4.78, 5) is 11.5. The number of halogens is 1. The quantitative estimate of drug-likeness (QED) is 0.453. The summed E-state index contributed by atoms with van der Waals surface area (Å²) in [5, 5.41) is 0. The van der Waals surface area contributed by atoms with Crippen LogP contribution in [0.5, 0.6) is 0 Å². The minimum absolute atomic E-state index is 0.185. The Morgan fingerprint density at radius 1 is 1.55 bits per heavy atom. The minimum Gasteiger partial charge on any atom is -0.328 e. The molecule has 64 valence electrons. The van der Waals surface area contributed by atoms with Gasteiger partial charge in [-0.1, -0.05) is 0 Å². The van der Waals surface area contributed by atoms with Gasteiger partial charge in [0.05, 0.1) is 0 Å². The third-order valence-corrected chi connectivity index (χ3v) is 2.04. The molecule has 1 saturated heterocycles. The van der Waals surface area contributed by atoms with Gasteiger partial charge in [0.1, 0.15) is 0 Å². The summed E-state index contributed by atoms with van der Waals surface area (Å²) >= 11 is 0. The van der Waals surface area contributed by atoms with Crippen LogP contribution < -0.4 is 5.73 Å². The van der Waals surface area contributed by atoms with Crippen molar-refractivity contribution in [3.8, 4) is 0 Å². The highest BCUT2D eigenvalue weighted by atomic mass is 19.1. The number of piperidine rings is 1. The molecule has 0 aromatic heterocycles. The largest absolute Gasteiger partial charge is 0.328 e. The number of rotatable bonds is 2. The average molecular weight is 160 g/mol. The van der Waals surface area contributed by atoms with Gasteiger partial charge in [0.25, 0.3) is 0 Å². The molecule has 2 N–H and O–H groups in total. The Kier molecular flexibility index (Phi) is 2.96. The Morgan fingerprint density at radius 3 is 2.55 bits per heavy atom. The Hall–Kier alpha value is -0.480. The number of hydrogen-bond acceptors (Lipinski definition) is 3. The van der Waals surface area contributed by atoms with Gasteiger partial charge in [-0.3, -0.25) is 9.69 Å². The van der Waals surface area contributed by atoms with Crippen LogP contribution in [0, 0.1) is 0 Å². The first-order chi connectivity index (χ1) is 5.24. The van der Waals surface area contributed by atoms with E-state index in [1.165, 1.54) is 4.90 Å². The lowest BCUT2D eigenvalue weighted by atomic mass is 10.1. The van der Waals surface area contributed by atoms with Gasteiger partial charge >= 0.3 is 0 Å². The standard InChI is InChI=1S/C7H13FN2O/c8-7(5-11)10-3-1-6(9)2-4-10/h5-7H,1-4,9H2. The van der Waals surface area contributed by atoms with Crippen LogP contribution in [-0.4, -0.2) is 36.6 Å². The Labute approximate surface area is 65.3 Å². The highest BCUT2D eigenvalue weighted by Crippen LogP contribution is 2.10. The van der Waals surface area contributed by atoms with Crippen molar-refractivity contribution in [2.75, 3.05) is 13.1 Å². The number of alkyl halides is 1. The second kappa shape index (κ2) is 3.78. The summed E-state index contributed by atoms with van der Waals surface area (Å²) in [5.41, 5.74) is 5.60. The van der Waals surface area contributed by atoms with E-state index in [1.807, 2.05) is 0 Å². The predicted molar refractivity (Wildman–Crippen MR) is 39.7 cm³/mol. The first-order valence-corrected chi connectivity index (χ1v) is 3.83. The van der Waals surface area contributed by atoms with Crippen LogP contribution in [0.15, 0.2) is 0 Å². The lowest BCUT2D eigenvalue weighted by Crippen LogP contribution is -2.43. The van der Waals surface area contributed by atoms with Crippen LogP contribution in [-0.2, 0) is 4.79 Å². The van der Waals surface area contributed by atoms with E-state index in [0.29, 0.717) is 19.4 Å². The maximum absolute atomic E-state index is 12.7. The van der Waals surface area contributed by atoms with Gasteiger partial charge in [-0.25, -0.2) is 4.39 Å². The fraction of sp³-hybridized carbons (Fsp3) is 0.857. The highest BCUT2D eigenvalue weighted by Gasteiger charge is 2.21. The fourth-order valence-corrected chi connectivity index (χ4v) is 1.25. The van der Waals surface area contributed by atoms with Crippen molar-refractivity contribution in [1.82, 2.24) is 4.90 Å². The molecule has 1 heterocycles. The topological polar surface area (TPSA) is 46.3 Å². The van der Waals surface area contributed by atoms with E-state index in [4.69, 9.17) is 5.73 Å². The first kappa shape index (κ1) is 8.62. The molecule has 1 unspecified atom stereocenters. The number of carbonyl (C=O) groups is 1. The zero-order valence-electron chi connectivity index (χ0n) is 6.37. The van der Waals surface area contributed by atoms with Gasteiger partial charge in [-0.15, -0.1) is 0 Å². The second-order valence-electron chi connectivity index (χ2n) is 2.88. The maximum Gasteiger partial charge on any atom is 0.209 e. The zero-order chi connectivity index (χ0) is 8.27. The minimum atomic E-state index is -1.43. The molecule has 1 aliphatic rings. The number of aldehydes is 1. The fourth-order valence-electron chi connectivity index (χ4n) is 1.25. The lowest BCUT2D eigenvalue weighted by molar-refractivity contribution is -0.118. The molecule has 0 radical (unpaired) electrons. The molecule has 11 heavy (non-hydrogen) atoms. The van der Waals surface area contributed by atoms with Gasteiger partial charge < -0.3 is 5.73 Å². The van der Waals surface area contributed by atoms with Gasteiger partial charge in [-0.2, -0.15) is 0 Å². The molecule has 0 aliphatic carbocycles. The van der Waals surface area contributed by atoms with Crippen LogP contribution >= 0.6 is 0 Å². The van der Waals surface area contributed by atoms with E-state index < -0.39 is 6.30 Å². The Morgan fingerprint density at radius 2 is 2.09 bits per heavy atom.